The van der Waals surface area contributed by atoms with Gasteiger partial charge in [-0.25, -0.2) is 17.9 Å². The summed E-state index contributed by atoms with van der Waals surface area (Å²) in [5.41, 5.74) is 0.632. The summed E-state index contributed by atoms with van der Waals surface area (Å²) in [5.74, 6) is -0.801. The summed E-state index contributed by atoms with van der Waals surface area (Å²) in [6, 6.07) is 6.91. The van der Waals surface area contributed by atoms with E-state index in [1.54, 1.807) is 20.8 Å². The zero-order valence-electron chi connectivity index (χ0n) is 15.5. The van der Waals surface area contributed by atoms with Crippen molar-refractivity contribution >= 4 is 27.6 Å². The van der Waals surface area contributed by atoms with Gasteiger partial charge in [0, 0.05) is 11.7 Å². The van der Waals surface area contributed by atoms with Gasteiger partial charge in [0.2, 0.25) is 10.0 Å². The molecule has 0 bridgehead atoms. The lowest BCUT2D eigenvalue weighted by atomic mass is 10.2. The average molecular weight is 394 g/mol. The van der Waals surface area contributed by atoms with Crippen LogP contribution in [0.5, 0.6) is 0 Å². The van der Waals surface area contributed by atoms with E-state index < -0.39 is 28.0 Å². The first kappa shape index (κ1) is 20.7. The predicted molar refractivity (Wildman–Crippen MR) is 98.9 cm³/mol. The number of nitrogens with one attached hydrogen (secondary N) is 2. The Labute approximate surface area is 157 Å². The molecule has 0 saturated heterocycles. The number of carbonyl (C=O) groups is 2. The Hall–Kier alpha value is -2.65. The Balaban J connectivity index is 1.99. The van der Waals surface area contributed by atoms with Gasteiger partial charge in [-0.3, -0.25) is 4.79 Å². The van der Waals surface area contributed by atoms with Crippen molar-refractivity contribution in [3.05, 3.63) is 47.9 Å². The van der Waals surface area contributed by atoms with Gasteiger partial charge in [-0.15, -0.1) is 0 Å². The first-order chi connectivity index (χ1) is 12.6. The lowest BCUT2D eigenvalue weighted by Crippen LogP contribution is -2.30. The zero-order chi connectivity index (χ0) is 20.2. The van der Waals surface area contributed by atoms with Crippen LogP contribution >= 0.6 is 0 Å². The van der Waals surface area contributed by atoms with E-state index in [1.807, 2.05) is 0 Å². The molecule has 1 aromatic heterocycles. The summed E-state index contributed by atoms with van der Waals surface area (Å²) in [6.45, 7) is 6.50. The molecule has 8 nitrogen and oxygen atoms in total. The summed E-state index contributed by atoms with van der Waals surface area (Å²) in [7, 11) is -3.61. The number of benzene rings is 1. The monoisotopic (exact) mass is 394 g/mol. The summed E-state index contributed by atoms with van der Waals surface area (Å²) in [4.78, 5) is 24.3. The van der Waals surface area contributed by atoms with Crippen molar-refractivity contribution in [3.63, 3.8) is 0 Å². The topological polar surface area (TPSA) is 115 Å². The Morgan fingerprint density at radius 2 is 1.70 bits per heavy atom. The van der Waals surface area contributed by atoms with Crippen molar-refractivity contribution in [2.75, 3.05) is 5.32 Å². The fourth-order valence-electron chi connectivity index (χ4n) is 2.21. The van der Waals surface area contributed by atoms with Crippen LogP contribution in [0.25, 0.3) is 0 Å². The molecule has 2 rings (SSSR count). The number of ether oxygens (including phenoxy) is 1. The molecule has 27 heavy (non-hydrogen) atoms. The second kappa shape index (κ2) is 8.36. The summed E-state index contributed by atoms with van der Waals surface area (Å²) < 4.78 is 36.8. The van der Waals surface area contributed by atoms with E-state index in [4.69, 9.17) is 9.15 Å². The number of furan rings is 1. The van der Waals surface area contributed by atoms with Crippen molar-refractivity contribution in [2.45, 2.75) is 44.7 Å². The van der Waals surface area contributed by atoms with Crippen LogP contribution in [0.2, 0.25) is 0 Å². The quantitative estimate of drug-likeness (QED) is 0.697. The second-order valence-corrected chi connectivity index (χ2v) is 7.94. The first-order valence-electron chi connectivity index (χ1n) is 8.28. The summed E-state index contributed by atoms with van der Waals surface area (Å²) >= 11 is 0. The zero-order valence-corrected chi connectivity index (χ0v) is 16.3. The van der Waals surface area contributed by atoms with E-state index in [1.165, 1.54) is 43.5 Å². The van der Waals surface area contributed by atoms with Crippen molar-refractivity contribution < 1.29 is 27.2 Å². The SMILES string of the molecule is Cc1occc1C(=O)O[C@@H](C)C(=O)Nc1ccc(S(=O)(=O)NC(C)C)cc1. The number of sulfonamides is 1. The maximum absolute atomic E-state index is 12.2. The van der Waals surface area contributed by atoms with Crippen molar-refractivity contribution in [1.29, 1.82) is 0 Å². The van der Waals surface area contributed by atoms with Crippen LogP contribution in [0.1, 0.15) is 36.9 Å². The number of aryl methyl sites for hydroxylation is 1. The molecule has 0 aliphatic heterocycles. The number of hydrogen-bond donors (Lipinski definition) is 2. The molecule has 2 aromatic rings. The third kappa shape index (κ3) is 5.41. The summed E-state index contributed by atoms with van der Waals surface area (Å²) in [6.07, 6.45) is 0.318. The maximum Gasteiger partial charge on any atom is 0.342 e. The highest BCUT2D eigenvalue weighted by Crippen LogP contribution is 2.16. The standard InChI is InChI=1S/C18H22N2O6S/c1-11(2)20-27(23,24)15-7-5-14(6-8-15)19-17(21)13(4)26-18(22)16-9-10-25-12(16)3/h5-11,13,20H,1-4H3,(H,19,21)/t13-/m0/s1. The van der Waals surface area contributed by atoms with Gasteiger partial charge >= 0.3 is 5.97 Å². The van der Waals surface area contributed by atoms with Gasteiger partial charge in [0.1, 0.15) is 11.3 Å². The molecule has 1 heterocycles. The molecule has 0 spiro atoms. The van der Waals surface area contributed by atoms with Gasteiger partial charge in [0.25, 0.3) is 5.91 Å². The van der Waals surface area contributed by atoms with Crippen molar-refractivity contribution in [1.82, 2.24) is 4.72 Å². The van der Waals surface area contributed by atoms with Gasteiger partial charge in [-0.2, -0.15) is 0 Å². The van der Waals surface area contributed by atoms with E-state index in [0.29, 0.717) is 11.4 Å². The molecule has 0 aliphatic carbocycles. The highest BCUT2D eigenvalue weighted by molar-refractivity contribution is 7.89. The van der Waals surface area contributed by atoms with Crippen LogP contribution in [-0.2, 0) is 19.6 Å². The van der Waals surface area contributed by atoms with E-state index in [2.05, 4.69) is 10.0 Å². The van der Waals surface area contributed by atoms with Gasteiger partial charge in [0.05, 0.1) is 11.2 Å². The first-order valence-corrected chi connectivity index (χ1v) is 9.77. The Morgan fingerprint density at radius 3 is 2.22 bits per heavy atom. The lowest BCUT2D eigenvalue weighted by molar-refractivity contribution is -0.123. The van der Waals surface area contributed by atoms with Gasteiger partial charge in [-0.05, 0) is 58.0 Å². The van der Waals surface area contributed by atoms with Crippen LogP contribution in [0.15, 0.2) is 45.9 Å². The normalized spacial score (nSPS) is 12.6. The molecule has 0 saturated carbocycles. The smallest absolute Gasteiger partial charge is 0.342 e. The number of hydrogen-bond acceptors (Lipinski definition) is 6. The van der Waals surface area contributed by atoms with Crippen molar-refractivity contribution in [2.24, 2.45) is 0 Å². The molecule has 9 heteroatoms. The molecule has 0 fully saturated rings. The number of anilines is 1. The van der Waals surface area contributed by atoms with Crippen LogP contribution in [0.3, 0.4) is 0 Å². The highest BCUT2D eigenvalue weighted by Gasteiger charge is 2.21. The fourth-order valence-corrected chi connectivity index (χ4v) is 3.47. The van der Waals surface area contributed by atoms with Crippen LogP contribution in [0.4, 0.5) is 5.69 Å². The van der Waals surface area contributed by atoms with Crippen LogP contribution < -0.4 is 10.0 Å². The van der Waals surface area contributed by atoms with Gasteiger partial charge in [-0.1, -0.05) is 0 Å². The Kier molecular flexibility index (Phi) is 6.40. The number of esters is 1. The van der Waals surface area contributed by atoms with Crippen LogP contribution in [-0.4, -0.2) is 32.4 Å². The van der Waals surface area contributed by atoms with Crippen molar-refractivity contribution in [3.8, 4) is 0 Å². The minimum Gasteiger partial charge on any atom is -0.469 e. The maximum atomic E-state index is 12.2. The molecular weight excluding hydrogens is 372 g/mol. The predicted octanol–water partition coefficient (Wildman–Crippen LogP) is 2.46. The highest BCUT2D eigenvalue weighted by atomic mass is 32.2. The lowest BCUT2D eigenvalue weighted by Gasteiger charge is -2.14. The molecule has 0 radical (unpaired) electrons. The Morgan fingerprint density at radius 1 is 1.07 bits per heavy atom. The van der Waals surface area contributed by atoms with E-state index in [-0.39, 0.29) is 16.5 Å². The molecule has 2 N–H and O–H groups in total. The molecule has 1 aromatic carbocycles. The van der Waals surface area contributed by atoms with E-state index >= 15 is 0 Å². The molecule has 146 valence electrons. The molecule has 1 amide bonds. The van der Waals surface area contributed by atoms with Gasteiger partial charge < -0.3 is 14.5 Å². The van der Waals surface area contributed by atoms with E-state index in [0.717, 1.165) is 0 Å². The number of amides is 1. The average Bonchev–Trinajstić information content (AvgIpc) is 3.00. The van der Waals surface area contributed by atoms with E-state index in [9.17, 15) is 18.0 Å². The third-order valence-electron chi connectivity index (χ3n) is 3.55. The minimum absolute atomic E-state index is 0.0871. The third-order valence-corrected chi connectivity index (χ3v) is 5.23. The fraction of sp³-hybridized carbons (Fsp3) is 0.333. The molecular formula is C18H22N2O6S. The molecule has 1 atom stereocenters. The molecule has 0 unspecified atom stereocenters. The molecule has 0 aliphatic rings. The largest absolute Gasteiger partial charge is 0.469 e. The second-order valence-electron chi connectivity index (χ2n) is 6.23. The number of carbonyl (C=O) groups excluding carboxylic acids is 2. The number of rotatable bonds is 7. The van der Waals surface area contributed by atoms with Crippen LogP contribution in [0, 0.1) is 6.92 Å². The van der Waals surface area contributed by atoms with Gasteiger partial charge in [0.15, 0.2) is 6.10 Å². The summed E-state index contributed by atoms with van der Waals surface area (Å²) in [5, 5.41) is 2.57. The minimum atomic E-state index is -3.61. The Bertz CT molecular complexity index is 916.